The van der Waals surface area contributed by atoms with E-state index in [0.717, 1.165) is 17.1 Å². The fourth-order valence-electron chi connectivity index (χ4n) is 1.54. The van der Waals surface area contributed by atoms with Crippen LogP contribution in [0.4, 0.5) is 5.69 Å². The van der Waals surface area contributed by atoms with Crippen LogP contribution in [-0.2, 0) is 6.61 Å². The predicted molar refractivity (Wildman–Crippen MR) is 74.3 cm³/mol. The van der Waals surface area contributed by atoms with E-state index < -0.39 is 0 Å². The average Bonchev–Trinajstić information content (AvgIpc) is 2.37. The molecule has 0 atom stereocenters. The topological polar surface area (TPSA) is 25.4 Å². The molecule has 94 valence electrons. The summed E-state index contributed by atoms with van der Waals surface area (Å²) in [4.78, 5) is 6.22. The van der Waals surface area contributed by atoms with Gasteiger partial charge in [0.2, 0.25) is 0 Å². The quantitative estimate of drug-likeness (QED) is 0.845. The van der Waals surface area contributed by atoms with Gasteiger partial charge in [0.15, 0.2) is 0 Å². The number of aromatic nitrogens is 1. The summed E-state index contributed by atoms with van der Waals surface area (Å²) in [6, 6.07) is 11.5. The van der Waals surface area contributed by atoms with Gasteiger partial charge in [-0.3, -0.25) is 4.98 Å². The number of halogens is 1. The van der Waals surface area contributed by atoms with Crippen LogP contribution in [0.15, 0.2) is 42.6 Å². The highest BCUT2D eigenvalue weighted by Gasteiger charge is 2.00. The van der Waals surface area contributed by atoms with Crippen LogP contribution in [0.3, 0.4) is 0 Å². The zero-order valence-corrected chi connectivity index (χ0v) is 11.2. The third-order valence-corrected chi connectivity index (χ3v) is 2.73. The minimum absolute atomic E-state index is 0.414. The molecule has 2 aromatic rings. The molecule has 3 nitrogen and oxygen atoms in total. The van der Waals surface area contributed by atoms with Crippen LogP contribution < -0.4 is 9.64 Å². The maximum atomic E-state index is 5.89. The van der Waals surface area contributed by atoms with Gasteiger partial charge in [0.1, 0.15) is 12.4 Å². The van der Waals surface area contributed by atoms with E-state index in [-0.39, 0.29) is 0 Å². The summed E-state index contributed by atoms with van der Waals surface area (Å²) in [7, 11) is 4.00. The normalized spacial score (nSPS) is 10.2. The summed E-state index contributed by atoms with van der Waals surface area (Å²) in [5, 5.41) is 0.672. The zero-order valence-electron chi connectivity index (χ0n) is 10.4. The first-order valence-corrected chi connectivity index (χ1v) is 6.03. The minimum atomic E-state index is 0.414. The molecule has 2 rings (SSSR count). The Labute approximate surface area is 112 Å². The average molecular weight is 263 g/mol. The molecule has 0 spiro atoms. The highest BCUT2D eigenvalue weighted by atomic mass is 35.5. The second kappa shape index (κ2) is 5.74. The molecule has 0 N–H and O–H groups in total. The fourth-order valence-corrected chi connectivity index (χ4v) is 1.72. The zero-order chi connectivity index (χ0) is 13.0. The van der Waals surface area contributed by atoms with Gasteiger partial charge in [0.25, 0.3) is 0 Å². The number of nitrogens with zero attached hydrogens (tertiary/aromatic N) is 2. The van der Waals surface area contributed by atoms with E-state index in [2.05, 4.69) is 4.98 Å². The third-order valence-electron chi connectivity index (χ3n) is 2.50. The Bertz CT molecular complexity index is 529. The third kappa shape index (κ3) is 3.37. The Balaban J connectivity index is 2.04. The number of benzene rings is 1. The highest BCUT2D eigenvalue weighted by Crippen LogP contribution is 2.20. The van der Waals surface area contributed by atoms with Crippen molar-refractivity contribution in [3.8, 4) is 5.75 Å². The Hall–Kier alpha value is -1.74. The van der Waals surface area contributed by atoms with Crippen molar-refractivity contribution in [3.05, 3.63) is 53.3 Å². The molecule has 0 aliphatic heterocycles. The van der Waals surface area contributed by atoms with Crippen LogP contribution in [0, 0.1) is 0 Å². The summed E-state index contributed by atoms with van der Waals surface area (Å²) >= 11 is 5.89. The maximum Gasteiger partial charge on any atom is 0.130 e. The number of anilines is 1. The lowest BCUT2D eigenvalue weighted by Gasteiger charge is -2.14. The second-order valence-electron chi connectivity index (χ2n) is 4.15. The molecule has 0 unspecified atom stereocenters. The van der Waals surface area contributed by atoms with Gasteiger partial charge in [-0.05, 0) is 24.3 Å². The molecule has 0 saturated carbocycles. The Kier molecular flexibility index (Phi) is 4.05. The van der Waals surface area contributed by atoms with Crippen molar-refractivity contribution in [1.82, 2.24) is 4.98 Å². The first-order valence-electron chi connectivity index (χ1n) is 5.66. The number of ether oxygens (including phenoxy) is 1. The first-order chi connectivity index (χ1) is 8.65. The Morgan fingerprint density at radius 2 is 2.06 bits per heavy atom. The van der Waals surface area contributed by atoms with Crippen LogP contribution in [-0.4, -0.2) is 19.1 Å². The molecule has 1 aromatic carbocycles. The molecule has 0 bridgehead atoms. The first kappa shape index (κ1) is 12.7. The largest absolute Gasteiger partial charge is 0.487 e. The van der Waals surface area contributed by atoms with E-state index in [9.17, 15) is 0 Å². The molecule has 1 heterocycles. The van der Waals surface area contributed by atoms with Crippen LogP contribution in [0.1, 0.15) is 5.69 Å². The molecule has 0 saturated heterocycles. The number of rotatable bonds is 4. The Morgan fingerprint density at radius 1 is 1.22 bits per heavy atom. The van der Waals surface area contributed by atoms with Gasteiger partial charge >= 0.3 is 0 Å². The molecule has 0 radical (unpaired) electrons. The summed E-state index contributed by atoms with van der Waals surface area (Å²) in [5.74, 6) is 0.822. The lowest BCUT2D eigenvalue weighted by Crippen LogP contribution is -2.08. The summed E-state index contributed by atoms with van der Waals surface area (Å²) in [5.41, 5.74) is 1.92. The number of hydrogen-bond acceptors (Lipinski definition) is 3. The van der Waals surface area contributed by atoms with Crippen molar-refractivity contribution in [2.45, 2.75) is 6.61 Å². The van der Waals surface area contributed by atoms with Crippen LogP contribution >= 0.6 is 11.6 Å². The van der Waals surface area contributed by atoms with Crippen LogP contribution in [0.25, 0.3) is 0 Å². The smallest absolute Gasteiger partial charge is 0.130 e. The SMILES string of the molecule is CN(C)c1cccc(OCc2cc(Cl)ccn2)c1. The van der Waals surface area contributed by atoms with Crippen LogP contribution in [0.2, 0.25) is 5.02 Å². The number of hydrogen-bond donors (Lipinski definition) is 0. The number of pyridine rings is 1. The van der Waals surface area contributed by atoms with Gasteiger partial charge in [0.05, 0.1) is 5.69 Å². The van der Waals surface area contributed by atoms with Gasteiger partial charge in [-0.15, -0.1) is 0 Å². The van der Waals surface area contributed by atoms with E-state index in [1.165, 1.54) is 0 Å². The van der Waals surface area contributed by atoms with Gasteiger partial charge in [-0.1, -0.05) is 17.7 Å². The van der Waals surface area contributed by atoms with Gasteiger partial charge in [0, 0.05) is 37.1 Å². The molecule has 0 amide bonds. The van der Waals surface area contributed by atoms with E-state index in [1.54, 1.807) is 18.3 Å². The van der Waals surface area contributed by atoms with E-state index in [4.69, 9.17) is 16.3 Å². The lowest BCUT2D eigenvalue weighted by molar-refractivity contribution is 0.301. The van der Waals surface area contributed by atoms with E-state index >= 15 is 0 Å². The highest BCUT2D eigenvalue weighted by molar-refractivity contribution is 6.30. The van der Waals surface area contributed by atoms with Crippen LogP contribution in [0.5, 0.6) is 5.75 Å². The molecular formula is C14H15ClN2O. The standard InChI is InChI=1S/C14H15ClN2O/c1-17(2)13-4-3-5-14(9-13)18-10-12-8-11(15)6-7-16-12/h3-9H,10H2,1-2H3. The molecule has 1 aromatic heterocycles. The summed E-state index contributed by atoms with van der Waals surface area (Å²) < 4.78 is 5.69. The van der Waals surface area contributed by atoms with Crippen molar-refractivity contribution >= 4 is 17.3 Å². The molecule has 4 heteroatoms. The summed E-state index contributed by atoms with van der Waals surface area (Å²) in [6.07, 6.45) is 1.68. The second-order valence-corrected chi connectivity index (χ2v) is 4.58. The van der Waals surface area contributed by atoms with Crippen molar-refractivity contribution in [2.24, 2.45) is 0 Å². The molecule has 18 heavy (non-hydrogen) atoms. The van der Waals surface area contributed by atoms with Crippen molar-refractivity contribution in [2.75, 3.05) is 19.0 Å². The predicted octanol–water partition coefficient (Wildman–Crippen LogP) is 3.38. The maximum absolute atomic E-state index is 5.89. The van der Waals surface area contributed by atoms with Crippen molar-refractivity contribution < 1.29 is 4.74 Å². The monoisotopic (exact) mass is 262 g/mol. The van der Waals surface area contributed by atoms with Gasteiger partial charge < -0.3 is 9.64 Å². The molecular weight excluding hydrogens is 248 g/mol. The molecule has 0 aliphatic carbocycles. The molecule has 0 fully saturated rings. The van der Waals surface area contributed by atoms with E-state index in [1.807, 2.05) is 43.3 Å². The molecule has 0 aliphatic rings. The van der Waals surface area contributed by atoms with E-state index in [0.29, 0.717) is 11.6 Å². The van der Waals surface area contributed by atoms with Crippen molar-refractivity contribution in [3.63, 3.8) is 0 Å². The lowest BCUT2D eigenvalue weighted by atomic mass is 10.3. The summed E-state index contributed by atoms with van der Waals surface area (Å²) in [6.45, 7) is 0.414. The Morgan fingerprint density at radius 3 is 2.78 bits per heavy atom. The fraction of sp³-hybridized carbons (Fsp3) is 0.214. The van der Waals surface area contributed by atoms with Gasteiger partial charge in [-0.2, -0.15) is 0 Å². The van der Waals surface area contributed by atoms with Gasteiger partial charge in [-0.25, -0.2) is 0 Å². The minimum Gasteiger partial charge on any atom is -0.487 e. The van der Waals surface area contributed by atoms with Crippen molar-refractivity contribution in [1.29, 1.82) is 0 Å².